The van der Waals surface area contributed by atoms with Crippen molar-refractivity contribution in [2.45, 2.75) is 31.0 Å². The zero-order valence-corrected chi connectivity index (χ0v) is 21.2. The van der Waals surface area contributed by atoms with E-state index in [-0.39, 0.29) is 0 Å². The van der Waals surface area contributed by atoms with Gasteiger partial charge in [0.15, 0.2) is 0 Å². The number of rotatable bonds is 6. The molecule has 0 radical (unpaired) electrons. The third-order valence-electron chi connectivity index (χ3n) is 5.93. The van der Waals surface area contributed by atoms with E-state index in [1.165, 1.54) is 31.0 Å². The molecule has 34 heavy (non-hydrogen) atoms. The highest BCUT2D eigenvalue weighted by Crippen LogP contribution is 2.36. The van der Waals surface area contributed by atoms with Crippen molar-refractivity contribution in [3.63, 3.8) is 0 Å². The van der Waals surface area contributed by atoms with Gasteiger partial charge in [-0.2, -0.15) is 4.80 Å². The molecule has 0 saturated carbocycles. The second-order valence-corrected chi connectivity index (χ2v) is 9.91. The van der Waals surface area contributed by atoms with Crippen molar-refractivity contribution < 1.29 is 0 Å². The van der Waals surface area contributed by atoms with E-state index >= 15 is 0 Å². The number of halogens is 2. The van der Waals surface area contributed by atoms with Crippen molar-refractivity contribution in [3.05, 3.63) is 69.7 Å². The van der Waals surface area contributed by atoms with Gasteiger partial charge in [0.25, 0.3) is 0 Å². The summed E-state index contributed by atoms with van der Waals surface area (Å²) in [5, 5.41) is 19.6. The van der Waals surface area contributed by atoms with Crippen LogP contribution >= 0.6 is 35.0 Å². The van der Waals surface area contributed by atoms with Gasteiger partial charge in [0.1, 0.15) is 6.54 Å². The Hall–Kier alpha value is -2.39. The minimum absolute atomic E-state index is 0.475. The Labute approximate surface area is 213 Å². The number of hydrazine groups is 1. The van der Waals surface area contributed by atoms with E-state index < -0.39 is 0 Å². The second-order valence-electron chi connectivity index (χ2n) is 8.27. The van der Waals surface area contributed by atoms with Crippen molar-refractivity contribution >= 4 is 52.1 Å². The van der Waals surface area contributed by atoms with E-state index in [1.807, 2.05) is 42.7 Å². The van der Waals surface area contributed by atoms with E-state index in [2.05, 4.69) is 37.6 Å². The van der Waals surface area contributed by atoms with Gasteiger partial charge in [-0.3, -0.25) is 10.0 Å². The first-order chi connectivity index (χ1) is 16.6. The van der Waals surface area contributed by atoms with Crippen LogP contribution in [-0.4, -0.2) is 61.8 Å². The third kappa shape index (κ3) is 5.15. The van der Waals surface area contributed by atoms with Crippen LogP contribution in [0.15, 0.2) is 58.7 Å². The number of nitrogens with zero attached hydrogens (tertiary/aromatic N) is 7. The lowest BCUT2D eigenvalue weighted by molar-refractivity contribution is 0.0272. The first-order valence-corrected chi connectivity index (χ1v) is 13.3. The molecular weight excluding hydrogens is 489 g/mol. The highest BCUT2D eigenvalue weighted by molar-refractivity contribution is 7.98. The lowest BCUT2D eigenvalue weighted by atomic mass is 10.0. The van der Waals surface area contributed by atoms with Gasteiger partial charge in [-0.15, -0.1) is 10.2 Å². The largest absolute Gasteiger partial charge is 0.297 e. The predicted octanol–water partition coefficient (Wildman–Crippen LogP) is 5.39. The van der Waals surface area contributed by atoms with E-state index in [1.54, 1.807) is 4.80 Å². The van der Waals surface area contributed by atoms with E-state index in [4.69, 9.17) is 28.2 Å². The fourth-order valence-corrected chi connectivity index (χ4v) is 4.86. The molecular formula is C24H25Cl2N7S. The summed E-state index contributed by atoms with van der Waals surface area (Å²) < 4.78 is 0. The lowest BCUT2D eigenvalue weighted by Crippen LogP contribution is -2.48. The van der Waals surface area contributed by atoms with Crippen LogP contribution in [-0.2, 0) is 6.54 Å². The molecule has 2 aliphatic heterocycles. The molecule has 0 unspecified atom stereocenters. The number of hydrogen-bond donors (Lipinski definition) is 0. The Morgan fingerprint density at radius 1 is 0.882 bits per heavy atom. The van der Waals surface area contributed by atoms with Crippen LogP contribution in [0.3, 0.4) is 0 Å². The zero-order valence-electron chi connectivity index (χ0n) is 18.9. The molecule has 0 atom stereocenters. The first-order valence-electron chi connectivity index (χ1n) is 11.3. The second kappa shape index (κ2) is 10.5. The Balaban J connectivity index is 1.64. The summed E-state index contributed by atoms with van der Waals surface area (Å²) in [6.07, 6.45) is 5.55. The quantitative estimate of drug-likeness (QED) is 0.412. The molecule has 1 fully saturated rings. The molecule has 2 aromatic carbocycles. The van der Waals surface area contributed by atoms with Gasteiger partial charge in [0.2, 0.25) is 5.16 Å². The maximum Gasteiger partial charge on any atom is 0.230 e. The smallest absolute Gasteiger partial charge is 0.230 e. The highest BCUT2D eigenvalue weighted by Gasteiger charge is 2.30. The number of benzene rings is 2. The average molecular weight is 514 g/mol. The van der Waals surface area contributed by atoms with Crippen molar-refractivity contribution in [2.24, 2.45) is 4.99 Å². The summed E-state index contributed by atoms with van der Waals surface area (Å²) >= 11 is 13.9. The molecule has 176 valence electrons. The van der Waals surface area contributed by atoms with Crippen LogP contribution in [0, 0.1) is 0 Å². The molecule has 10 heteroatoms. The molecule has 0 amide bonds. The van der Waals surface area contributed by atoms with Crippen LogP contribution in [0.2, 0.25) is 10.0 Å². The molecule has 1 saturated heterocycles. The number of tetrazole rings is 1. The number of aromatic nitrogens is 4. The van der Waals surface area contributed by atoms with Gasteiger partial charge in [-0.25, -0.2) is 5.01 Å². The Morgan fingerprint density at radius 3 is 2.15 bits per heavy atom. The van der Waals surface area contributed by atoms with Crippen molar-refractivity contribution in [2.75, 3.05) is 25.9 Å². The monoisotopic (exact) mass is 513 g/mol. The fourth-order valence-electron chi connectivity index (χ4n) is 4.31. The Morgan fingerprint density at radius 2 is 1.53 bits per heavy atom. The molecule has 3 heterocycles. The Kier molecular flexibility index (Phi) is 7.20. The normalized spacial score (nSPS) is 17.3. The highest BCUT2D eigenvalue weighted by atomic mass is 35.5. The minimum Gasteiger partial charge on any atom is -0.297 e. The van der Waals surface area contributed by atoms with Crippen LogP contribution in [0.4, 0.5) is 0 Å². The molecule has 0 bridgehead atoms. The maximum absolute atomic E-state index is 6.23. The summed E-state index contributed by atoms with van der Waals surface area (Å²) in [5.74, 6) is 0. The van der Waals surface area contributed by atoms with E-state index in [9.17, 15) is 0 Å². The van der Waals surface area contributed by atoms with Crippen LogP contribution < -0.4 is 0 Å². The molecule has 1 aromatic heterocycles. The van der Waals surface area contributed by atoms with Crippen molar-refractivity contribution in [1.29, 1.82) is 0 Å². The van der Waals surface area contributed by atoms with Gasteiger partial charge in [0, 0.05) is 34.3 Å². The van der Waals surface area contributed by atoms with Gasteiger partial charge in [-0.05, 0) is 48.6 Å². The third-order valence-corrected chi connectivity index (χ3v) is 6.97. The molecule has 3 aromatic rings. The van der Waals surface area contributed by atoms with Gasteiger partial charge in [0.05, 0.1) is 23.7 Å². The molecule has 5 rings (SSSR count). The summed E-state index contributed by atoms with van der Waals surface area (Å²) in [4.78, 5) is 6.77. The van der Waals surface area contributed by atoms with E-state index in [0.29, 0.717) is 28.3 Å². The maximum atomic E-state index is 6.23. The van der Waals surface area contributed by atoms with Gasteiger partial charge < -0.3 is 0 Å². The fraction of sp³-hybridized carbons (Fsp3) is 0.333. The molecule has 0 spiro atoms. The summed E-state index contributed by atoms with van der Waals surface area (Å²) in [6, 6.07) is 15.8. The average Bonchev–Trinajstić information content (AvgIpc) is 3.33. The van der Waals surface area contributed by atoms with Gasteiger partial charge >= 0.3 is 0 Å². The van der Waals surface area contributed by atoms with Gasteiger partial charge in [-0.1, -0.05) is 65.7 Å². The van der Waals surface area contributed by atoms with Crippen LogP contribution in [0.25, 0.3) is 11.4 Å². The Bertz CT molecular complexity index is 1200. The number of aliphatic imine (C=N–C) groups is 1. The lowest BCUT2D eigenvalue weighted by Gasteiger charge is -2.43. The molecule has 0 N–H and O–H groups in total. The number of piperidine rings is 1. The van der Waals surface area contributed by atoms with Crippen molar-refractivity contribution in [1.82, 2.24) is 30.2 Å². The summed E-state index contributed by atoms with van der Waals surface area (Å²) in [7, 11) is 0. The standard InChI is InChI=1S/C24H25Cl2N7S/c1-34-24-28-30-33(29-24)16-21-15-32(31-13-3-2-4-14-31)23(18-7-11-20(26)12-8-18)22(27-21)17-5-9-19(25)10-6-17/h5-12H,2-4,13-16H2,1H3. The van der Waals surface area contributed by atoms with Crippen LogP contribution in [0.1, 0.15) is 30.4 Å². The summed E-state index contributed by atoms with van der Waals surface area (Å²) in [6.45, 7) is 3.15. The zero-order chi connectivity index (χ0) is 23.5. The summed E-state index contributed by atoms with van der Waals surface area (Å²) in [5.41, 5.74) is 5.02. The predicted molar refractivity (Wildman–Crippen MR) is 139 cm³/mol. The molecule has 0 aliphatic carbocycles. The number of hydrogen-bond acceptors (Lipinski definition) is 7. The SMILES string of the molecule is CSc1nnn(CC2=NC(c3ccc(Cl)cc3)=C(c3ccc(Cl)cc3)N(N3CCCCC3)C2)n1. The van der Waals surface area contributed by atoms with E-state index in [0.717, 1.165) is 41.3 Å². The minimum atomic E-state index is 0.475. The number of thioether (sulfide) groups is 1. The molecule has 2 aliphatic rings. The molecule has 7 nitrogen and oxygen atoms in total. The van der Waals surface area contributed by atoms with Crippen LogP contribution in [0.5, 0.6) is 0 Å². The van der Waals surface area contributed by atoms with Crippen molar-refractivity contribution in [3.8, 4) is 0 Å². The first kappa shape index (κ1) is 23.4. The topological polar surface area (TPSA) is 62.4 Å².